The fourth-order valence-electron chi connectivity index (χ4n) is 5.38. The highest BCUT2D eigenvalue weighted by molar-refractivity contribution is 5.91. The zero-order valence-electron chi connectivity index (χ0n) is 21.6. The van der Waals surface area contributed by atoms with Gasteiger partial charge in [-0.05, 0) is 35.2 Å². The summed E-state index contributed by atoms with van der Waals surface area (Å²) in [5, 5.41) is 2.57. The van der Waals surface area contributed by atoms with Crippen LogP contribution >= 0.6 is 0 Å². The van der Waals surface area contributed by atoms with Gasteiger partial charge in [0.1, 0.15) is 16.9 Å². The molecule has 6 aromatic rings. The van der Waals surface area contributed by atoms with Gasteiger partial charge in [0, 0.05) is 22.3 Å². The number of fused-ring (bicyclic) bond motifs is 5. The SMILES string of the molecule is COc1ccc(C2c3ccc4ccccc4c3Oc3nc(-c4cc5ccccc5oc4=O)[nH]c(=O)c32)cc1OC. The van der Waals surface area contributed by atoms with Crippen molar-refractivity contribution < 1.29 is 18.6 Å². The number of nitrogens with one attached hydrogen (secondary N) is 1. The molecule has 0 saturated carbocycles. The Labute approximate surface area is 227 Å². The van der Waals surface area contributed by atoms with Gasteiger partial charge in [0.2, 0.25) is 5.88 Å². The molecule has 1 N–H and O–H groups in total. The lowest BCUT2D eigenvalue weighted by Crippen LogP contribution is -2.25. The number of aromatic nitrogens is 2. The van der Waals surface area contributed by atoms with Crippen molar-refractivity contribution in [2.45, 2.75) is 5.92 Å². The summed E-state index contributed by atoms with van der Waals surface area (Å²) >= 11 is 0. The van der Waals surface area contributed by atoms with Crippen molar-refractivity contribution >= 4 is 21.7 Å². The van der Waals surface area contributed by atoms with E-state index in [2.05, 4.69) is 9.97 Å². The van der Waals surface area contributed by atoms with Gasteiger partial charge in [0.05, 0.1) is 19.8 Å². The Morgan fingerprint density at radius 2 is 1.60 bits per heavy atom. The minimum absolute atomic E-state index is 0.0676. The second kappa shape index (κ2) is 9.13. The zero-order valence-corrected chi connectivity index (χ0v) is 21.6. The van der Waals surface area contributed by atoms with E-state index in [1.165, 1.54) is 0 Å². The Morgan fingerprint density at radius 3 is 2.42 bits per heavy atom. The highest BCUT2D eigenvalue weighted by Crippen LogP contribution is 2.49. The van der Waals surface area contributed by atoms with Crippen LogP contribution in [0.4, 0.5) is 0 Å². The summed E-state index contributed by atoms with van der Waals surface area (Å²) < 4.78 is 22.9. The van der Waals surface area contributed by atoms with E-state index in [1.54, 1.807) is 38.5 Å². The van der Waals surface area contributed by atoms with Crippen molar-refractivity contribution in [2.24, 2.45) is 0 Å². The lowest BCUT2D eigenvalue weighted by atomic mass is 9.83. The molecule has 0 amide bonds. The van der Waals surface area contributed by atoms with Crippen LogP contribution in [0.5, 0.6) is 23.1 Å². The first-order valence-electron chi connectivity index (χ1n) is 12.6. The number of methoxy groups -OCH3 is 2. The molecule has 196 valence electrons. The van der Waals surface area contributed by atoms with Gasteiger partial charge in [-0.1, -0.05) is 60.7 Å². The number of H-pyrrole nitrogens is 1. The first-order valence-corrected chi connectivity index (χ1v) is 12.6. The third-order valence-corrected chi connectivity index (χ3v) is 7.27. The van der Waals surface area contributed by atoms with E-state index < -0.39 is 17.1 Å². The lowest BCUT2D eigenvalue weighted by molar-refractivity contribution is 0.354. The molecule has 8 heteroatoms. The quantitative estimate of drug-likeness (QED) is 0.278. The number of nitrogens with zero attached hydrogens (tertiary/aromatic N) is 1. The normalized spacial score (nSPS) is 13.9. The van der Waals surface area contributed by atoms with E-state index in [0.29, 0.717) is 33.8 Å². The second-order valence-corrected chi connectivity index (χ2v) is 9.47. The van der Waals surface area contributed by atoms with Gasteiger partial charge < -0.3 is 23.6 Å². The molecular formula is C32H22N2O6. The first-order chi connectivity index (χ1) is 19.6. The molecule has 2 aromatic heterocycles. The summed E-state index contributed by atoms with van der Waals surface area (Å²) in [6.45, 7) is 0. The minimum atomic E-state index is -0.611. The Kier molecular flexibility index (Phi) is 5.41. The van der Waals surface area contributed by atoms with Gasteiger partial charge in [-0.2, -0.15) is 4.98 Å². The molecule has 4 aromatic carbocycles. The number of benzene rings is 4. The Balaban J connectivity index is 1.49. The van der Waals surface area contributed by atoms with Crippen LogP contribution in [0.25, 0.3) is 33.1 Å². The smallest absolute Gasteiger partial charge is 0.347 e. The molecule has 1 aliphatic rings. The topological polar surface area (TPSA) is 104 Å². The molecule has 1 aliphatic heterocycles. The fraction of sp³-hybridized carbons (Fsp3) is 0.0938. The number of rotatable bonds is 4. The zero-order chi connectivity index (χ0) is 27.4. The van der Waals surface area contributed by atoms with Crippen LogP contribution in [0.3, 0.4) is 0 Å². The van der Waals surface area contributed by atoms with Crippen molar-refractivity contribution in [3.05, 3.63) is 122 Å². The van der Waals surface area contributed by atoms with Gasteiger partial charge in [-0.15, -0.1) is 0 Å². The molecule has 8 nitrogen and oxygen atoms in total. The number of ether oxygens (including phenoxy) is 3. The molecule has 1 atom stereocenters. The van der Waals surface area contributed by atoms with Crippen molar-refractivity contribution in [3.63, 3.8) is 0 Å². The molecule has 0 fully saturated rings. The van der Waals surface area contributed by atoms with Crippen LogP contribution < -0.4 is 25.4 Å². The van der Waals surface area contributed by atoms with E-state index >= 15 is 0 Å². The molecule has 40 heavy (non-hydrogen) atoms. The van der Waals surface area contributed by atoms with E-state index in [-0.39, 0.29) is 17.3 Å². The molecule has 0 spiro atoms. The van der Waals surface area contributed by atoms with Gasteiger partial charge in [0.25, 0.3) is 5.56 Å². The molecule has 1 unspecified atom stereocenters. The summed E-state index contributed by atoms with van der Waals surface area (Å²) in [5.41, 5.74) is 1.47. The Morgan fingerprint density at radius 1 is 0.825 bits per heavy atom. The number of hydrogen-bond acceptors (Lipinski definition) is 7. The highest BCUT2D eigenvalue weighted by atomic mass is 16.5. The highest BCUT2D eigenvalue weighted by Gasteiger charge is 2.35. The maximum absolute atomic E-state index is 13.8. The number of hydrogen-bond donors (Lipinski definition) is 1. The maximum atomic E-state index is 13.8. The molecule has 0 bridgehead atoms. The van der Waals surface area contributed by atoms with Gasteiger partial charge >= 0.3 is 5.63 Å². The predicted molar refractivity (Wildman–Crippen MR) is 151 cm³/mol. The number of aromatic amines is 1. The molecule has 0 aliphatic carbocycles. The third kappa shape index (κ3) is 3.65. The molecule has 3 heterocycles. The van der Waals surface area contributed by atoms with Crippen molar-refractivity contribution in [1.82, 2.24) is 9.97 Å². The standard InChI is InChI=1S/C32H22N2O6/c1-37-24-14-12-19(16-25(24)38-2)26-21-13-11-17-7-3-5-9-20(17)28(21)40-31-27(26)30(35)33-29(34-31)22-15-18-8-4-6-10-23(18)39-32(22)36/h3-16,26H,1-2H3,(H,33,34,35). The summed E-state index contributed by atoms with van der Waals surface area (Å²) in [6, 6.07) is 26.2. The Bertz CT molecular complexity index is 2080. The average molecular weight is 531 g/mol. The van der Waals surface area contributed by atoms with Gasteiger partial charge in [-0.25, -0.2) is 4.79 Å². The van der Waals surface area contributed by atoms with E-state index in [1.807, 2.05) is 60.7 Å². The van der Waals surface area contributed by atoms with Gasteiger partial charge in [0.15, 0.2) is 17.3 Å². The van der Waals surface area contributed by atoms with E-state index in [9.17, 15) is 9.59 Å². The summed E-state index contributed by atoms with van der Waals surface area (Å²) in [4.78, 5) is 34.2. The molecule has 7 rings (SSSR count). The monoisotopic (exact) mass is 530 g/mol. The number of para-hydroxylation sites is 1. The van der Waals surface area contributed by atoms with Crippen molar-refractivity contribution in [1.29, 1.82) is 0 Å². The summed E-state index contributed by atoms with van der Waals surface area (Å²) in [6.07, 6.45) is 0. The van der Waals surface area contributed by atoms with Gasteiger partial charge in [-0.3, -0.25) is 4.79 Å². The second-order valence-electron chi connectivity index (χ2n) is 9.47. The summed E-state index contributed by atoms with van der Waals surface area (Å²) in [5.74, 6) is 1.36. The van der Waals surface area contributed by atoms with Crippen LogP contribution in [0, 0.1) is 0 Å². The van der Waals surface area contributed by atoms with Crippen molar-refractivity contribution in [2.75, 3.05) is 14.2 Å². The minimum Gasteiger partial charge on any atom is -0.493 e. The molecule has 0 radical (unpaired) electrons. The third-order valence-electron chi connectivity index (χ3n) is 7.27. The van der Waals surface area contributed by atoms with Crippen molar-refractivity contribution in [3.8, 4) is 34.5 Å². The van der Waals surface area contributed by atoms with Crippen LogP contribution in [-0.4, -0.2) is 24.2 Å². The van der Waals surface area contributed by atoms with E-state index in [0.717, 1.165) is 21.9 Å². The predicted octanol–water partition coefficient (Wildman–Crippen LogP) is 6.00. The van der Waals surface area contributed by atoms with Crippen LogP contribution in [0.15, 0.2) is 98.9 Å². The molecular weight excluding hydrogens is 508 g/mol. The van der Waals surface area contributed by atoms with Crippen LogP contribution in [0.1, 0.15) is 22.6 Å². The molecule has 0 saturated heterocycles. The van der Waals surface area contributed by atoms with Crippen LogP contribution in [0.2, 0.25) is 0 Å². The lowest BCUT2D eigenvalue weighted by Gasteiger charge is -2.28. The fourth-order valence-corrected chi connectivity index (χ4v) is 5.38. The Hall–Kier alpha value is -5.37. The van der Waals surface area contributed by atoms with Crippen LogP contribution in [-0.2, 0) is 0 Å². The average Bonchev–Trinajstić information content (AvgIpc) is 2.99. The largest absolute Gasteiger partial charge is 0.493 e. The summed E-state index contributed by atoms with van der Waals surface area (Å²) in [7, 11) is 3.14. The first kappa shape index (κ1) is 23.7. The van der Waals surface area contributed by atoms with E-state index in [4.69, 9.17) is 18.6 Å². The maximum Gasteiger partial charge on any atom is 0.347 e.